The van der Waals surface area contributed by atoms with Crippen LogP contribution in [0.15, 0.2) is 0 Å². The van der Waals surface area contributed by atoms with E-state index in [0.717, 1.165) is 12.8 Å². The fourth-order valence-electron chi connectivity index (χ4n) is 2.36. The van der Waals surface area contributed by atoms with Gasteiger partial charge >= 0.3 is 0 Å². The molecule has 3 aliphatic rings. The Kier molecular flexibility index (Phi) is 0.499. The molecule has 0 radical (unpaired) electrons. The second-order valence-corrected chi connectivity index (χ2v) is 3.54. The Labute approximate surface area is 57.8 Å². The van der Waals surface area contributed by atoms with Crippen molar-refractivity contribution < 1.29 is 9.59 Å². The fourth-order valence-corrected chi connectivity index (χ4v) is 2.36. The number of hydrogen-bond acceptors (Lipinski definition) is 2. The minimum absolute atomic E-state index is 0.0208. The lowest BCUT2D eigenvalue weighted by Crippen LogP contribution is -2.27. The van der Waals surface area contributed by atoms with Gasteiger partial charge in [0, 0.05) is 0 Å². The van der Waals surface area contributed by atoms with Crippen LogP contribution in [0, 0.1) is 17.3 Å². The van der Waals surface area contributed by atoms with Gasteiger partial charge in [-0.3, -0.25) is 14.9 Å². The first-order valence-corrected chi connectivity index (χ1v) is 3.60. The van der Waals surface area contributed by atoms with Crippen molar-refractivity contribution in [2.45, 2.75) is 12.8 Å². The predicted octanol–water partition coefficient (Wildman–Crippen LogP) is -0.331. The number of nitrogens with one attached hydrogen (secondary N) is 1. The zero-order valence-electron chi connectivity index (χ0n) is 5.39. The van der Waals surface area contributed by atoms with Crippen molar-refractivity contribution in [3.8, 4) is 0 Å². The Balaban J connectivity index is 2.05. The van der Waals surface area contributed by atoms with Gasteiger partial charge in [0.05, 0.1) is 11.8 Å². The summed E-state index contributed by atoms with van der Waals surface area (Å²) in [4.78, 5) is 21.9. The quantitative estimate of drug-likeness (QED) is 0.464. The highest BCUT2D eigenvalue weighted by Crippen LogP contribution is 2.76. The van der Waals surface area contributed by atoms with E-state index in [1.807, 2.05) is 0 Å². The van der Waals surface area contributed by atoms with Crippen LogP contribution in [-0.4, -0.2) is 11.8 Å². The van der Waals surface area contributed by atoms with Crippen molar-refractivity contribution >= 4 is 11.8 Å². The third-order valence-electron chi connectivity index (χ3n) is 3.10. The summed E-state index contributed by atoms with van der Waals surface area (Å²) in [6, 6.07) is 0. The fraction of sp³-hybridized carbons (Fsp3) is 0.714. The van der Waals surface area contributed by atoms with Crippen LogP contribution in [0.5, 0.6) is 0 Å². The second kappa shape index (κ2) is 1.02. The van der Waals surface area contributed by atoms with Crippen LogP contribution in [0.1, 0.15) is 12.8 Å². The van der Waals surface area contributed by atoms with Crippen LogP contribution in [0.2, 0.25) is 0 Å². The molecule has 10 heavy (non-hydrogen) atoms. The molecule has 3 heteroatoms. The Morgan fingerprint density at radius 3 is 2.00 bits per heavy atom. The first-order valence-electron chi connectivity index (χ1n) is 3.60. The highest BCUT2D eigenvalue weighted by Gasteiger charge is 2.80. The highest BCUT2D eigenvalue weighted by atomic mass is 16.2. The SMILES string of the molecule is O=C1NC(=O)C2C1C21CC1. The maximum absolute atomic E-state index is 10.9. The van der Waals surface area contributed by atoms with Crippen LogP contribution in [0.25, 0.3) is 0 Å². The summed E-state index contributed by atoms with van der Waals surface area (Å²) >= 11 is 0. The van der Waals surface area contributed by atoms with Gasteiger partial charge in [-0.1, -0.05) is 0 Å². The lowest BCUT2D eigenvalue weighted by molar-refractivity contribution is -0.128. The van der Waals surface area contributed by atoms with Gasteiger partial charge in [-0.25, -0.2) is 0 Å². The summed E-state index contributed by atoms with van der Waals surface area (Å²) in [6.07, 6.45) is 2.20. The highest BCUT2D eigenvalue weighted by molar-refractivity contribution is 6.11. The third-order valence-corrected chi connectivity index (χ3v) is 3.10. The van der Waals surface area contributed by atoms with Gasteiger partial charge in [0.25, 0.3) is 0 Å². The Morgan fingerprint density at radius 1 is 1.20 bits per heavy atom. The van der Waals surface area contributed by atoms with Crippen molar-refractivity contribution in [3.63, 3.8) is 0 Å². The molecule has 2 aliphatic carbocycles. The van der Waals surface area contributed by atoms with E-state index in [2.05, 4.69) is 5.32 Å². The van der Waals surface area contributed by atoms with E-state index < -0.39 is 0 Å². The van der Waals surface area contributed by atoms with E-state index in [9.17, 15) is 9.59 Å². The smallest absolute Gasteiger partial charge is 0.231 e. The number of piperidine rings is 1. The minimum Gasteiger partial charge on any atom is -0.296 e. The largest absolute Gasteiger partial charge is 0.296 e. The van der Waals surface area contributed by atoms with E-state index in [4.69, 9.17) is 0 Å². The van der Waals surface area contributed by atoms with Crippen molar-refractivity contribution in [3.05, 3.63) is 0 Å². The molecule has 1 aliphatic heterocycles. The van der Waals surface area contributed by atoms with Crippen LogP contribution in [0.4, 0.5) is 0 Å². The average Bonchev–Trinajstić information content (AvgIpc) is 2.71. The molecular formula is C7H7NO2. The summed E-state index contributed by atoms with van der Waals surface area (Å²) in [7, 11) is 0. The number of amides is 2. The molecule has 3 nitrogen and oxygen atoms in total. The maximum atomic E-state index is 10.9. The first-order chi connectivity index (χ1) is 4.76. The molecule has 3 fully saturated rings. The van der Waals surface area contributed by atoms with E-state index in [0.29, 0.717) is 0 Å². The lowest BCUT2D eigenvalue weighted by Gasteiger charge is -1.96. The Morgan fingerprint density at radius 2 is 1.70 bits per heavy atom. The van der Waals surface area contributed by atoms with E-state index >= 15 is 0 Å². The average molecular weight is 137 g/mol. The van der Waals surface area contributed by atoms with Crippen LogP contribution < -0.4 is 5.32 Å². The Hall–Kier alpha value is -0.860. The number of hydrogen-bond donors (Lipinski definition) is 1. The molecule has 1 spiro atoms. The van der Waals surface area contributed by atoms with Gasteiger partial charge in [-0.2, -0.15) is 0 Å². The monoisotopic (exact) mass is 137 g/mol. The normalized spacial score (nSPS) is 45.2. The molecule has 1 N–H and O–H groups in total. The molecule has 1 heterocycles. The van der Waals surface area contributed by atoms with E-state index in [1.54, 1.807) is 0 Å². The summed E-state index contributed by atoms with van der Waals surface area (Å²) in [6.45, 7) is 0. The molecule has 0 aromatic carbocycles. The van der Waals surface area contributed by atoms with Gasteiger partial charge in [0.1, 0.15) is 0 Å². The number of carbonyl (C=O) groups excluding carboxylic acids is 2. The van der Waals surface area contributed by atoms with Gasteiger partial charge < -0.3 is 0 Å². The zero-order valence-corrected chi connectivity index (χ0v) is 5.39. The van der Waals surface area contributed by atoms with Crippen molar-refractivity contribution in [1.29, 1.82) is 0 Å². The van der Waals surface area contributed by atoms with Gasteiger partial charge in [0.2, 0.25) is 11.8 Å². The lowest BCUT2D eigenvalue weighted by atomic mass is 10.2. The van der Waals surface area contributed by atoms with Crippen molar-refractivity contribution in [2.24, 2.45) is 17.3 Å². The topological polar surface area (TPSA) is 46.2 Å². The van der Waals surface area contributed by atoms with Gasteiger partial charge in [0.15, 0.2) is 0 Å². The van der Waals surface area contributed by atoms with Crippen LogP contribution >= 0.6 is 0 Å². The molecule has 52 valence electrons. The summed E-state index contributed by atoms with van der Waals surface area (Å²) in [5.74, 6) is 0.125. The molecule has 2 saturated carbocycles. The molecule has 2 unspecified atom stereocenters. The van der Waals surface area contributed by atoms with E-state index in [-0.39, 0.29) is 29.1 Å². The van der Waals surface area contributed by atoms with Crippen LogP contribution in [0.3, 0.4) is 0 Å². The van der Waals surface area contributed by atoms with Crippen molar-refractivity contribution in [1.82, 2.24) is 5.32 Å². The first kappa shape index (κ1) is 4.88. The third kappa shape index (κ3) is 0.296. The minimum atomic E-state index is -0.0208. The molecule has 3 rings (SSSR count). The molecule has 0 bridgehead atoms. The molecule has 1 saturated heterocycles. The number of rotatable bonds is 0. The predicted molar refractivity (Wildman–Crippen MR) is 31.8 cm³/mol. The van der Waals surface area contributed by atoms with Gasteiger partial charge in [-0.05, 0) is 18.3 Å². The summed E-state index contributed by atoms with van der Waals surface area (Å²) in [5, 5.41) is 2.33. The second-order valence-electron chi connectivity index (χ2n) is 3.54. The zero-order chi connectivity index (χ0) is 6.93. The standard InChI is InChI=1S/C7H7NO2/c9-5-3-4(6(10)8-5)7(3)1-2-7/h3-4H,1-2H2,(H,8,9,10). The van der Waals surface area contributed by atoms with Crippen LogP contribution in [-0.2, 0) is 9.59 Å². The molecule has 0 aromatic heterocycles. The summed E-state index contributed by atoms with van der Waals surface area (Å²) in [5.41, 5.74) is 0.194. The Bertz CT molecular complexity index is 232. The maximum Gasteiger partial charge on any atom is 0.231 e. The van der Waals surface area contributed by atoms with E-state index in [1.165, 1.54) is 0 Å². The summed E-state index contributed by atoms with van der Waals surface area (Å²) < 4.78 is 0. The number of imide groups is 1. The molecule has 2 amide bonds. The number of carbonyl (C=O) groups is 2. The molecule has 2 atom stereocenters. The molecule has 0 aromatic rings. The molecular weight excluding hydrogens is 130 g/mol. The number of fused-ring (bicyclic) bond motifs is 3. The van der Waals surface area contributed by atoms with Crippen molar-refractivity contribution in [2.75, 3.05) is 0 Å². The van der Waals surface area contributed by atoms with Gasteiger partial charge in [-0.15, -0.1) is 0 Å².